The van der Waals surface area contributed by atoms with E-state index < -0.39 is 12.0 Å². The largest absolute Gasteiger partial charge is 0.504 e. The van der Waals surface area contributed by atoms with Crippen LogP contribution in [0.25, 0.3) is 0 Å². The van der Waals surface area contributed by atoms with Crippen LogP contribution >= 0.6 is 0 Å². The van der Waals surface area contributed by atoms with Crippen molar-refractivity contribution in [2.75, 3.05) is 19.8 Å². The van der Waals surface area contributed by atoms with Crippen molar-refractivity contribution in [2.24, 2.45) is 5.73 Å². The van der Waals surface area contributed by atoms with Crippen LogP contribution in [0.2, 0.25) is 0 Å². The van der Waals surface area contributed by atoms with E-state index in [1.807, 2.05) is 6.92 Å². The summed E-state index contributed by atoms with van der Waals surface area (Å²) in [6.45, 7) is 2.93. The molecule has 1 aromatic rings. The molecule has 1 aromatic carbocycles. The van der Waals surface area contributed by atoms with Gasteiger partial charge in [0.1, 0.15) is 12.6 Å². The standard InChI is InChI=1S/C13H19NO5/c1-2-18-5-6-19-13(17)10(14)7-9-3-4-11(15)12(16)8-9/h3-4,8,10,15-16H,2,5-7,14H2,1H3. The van der Waals surface area contributed by atoms with Gasteiger partial charge in [0.2, 0.25) is 0 Å². The first kappa shape index (κ1) is 15.3. The maximum atomic E-state index is 11.5. The lowest BCUT2D eigenvalue weighted by molar-refractivity contribution is -0.146. The van der Waals surface area contributed by atoms with Crippen molar-refractivity contribution in [3.8, 4) is 11.5 Å². The number of carbonyl (C=O) groups excluding carboxylic acids is 1. The number of phenolic OH excluding ortho intramolecular Hbond substituents is 2. The van der Waals surface area contributed by atoms with E-state index in [2.05, 4.69) is 0 Å². The molecule has 106 valence electrons. The van der Waals surface area contributed by atoms with Gasteiger partial charge in [0.15, 0.2) is 11.5 Å². The summed E-state index contributed by atoms with van der Waals surface area (Å²) in [5, 5.41) is 18.5. The lowest BCUT2D eigenvalue weighted by Crippen LogP contribution is -2.35. The number of hydrogen-bond donors (Lipinski definition) is 3. The predicted molar refractivity (Wildman–Crippen MR) is 68.9 cm³/mol. The molecule has 6 heteroatoms. The van der Waals surface area contributed by atoms with Gasteiger partial charge >= 0.3 is 5.97 Å². The fourth-order valence-corrected chi connectivity index (χ4v) is 1.49. The molecule has 0 aromatic heterocycles. The molecule has 4 N–H and O–H groups in total. The van der Waals surface area contributed by atoms with Crippen molar-refractivity contribution in [3.63, 3.8) is 0 Å². The number of nitrogens with two attached hydrogens (primary N) is 1. The molecule has 6 nitrogen and oxygen atoms in total. The highest BCUT2D eigenvalue weighted by atomic mass is 16.6. The lowest BCUT2D eigenvalue weighted by Gasteiger charge is -2.12. The van der Waals surface area contributed by atoms with Gasteiger partial charge in [-0.05, 0) is 31.0 Å². The van der Waals surface area contributed by atoms with Gasteiger partial charge in [-0.15, -0.1) is 0 Å². The van der Waals surface area contributed by atoms with Gasteiger partial charge in [-0.25, -0.2) is 0 Å². The van der Waals surface area contributed by atoms with E-state index in [-0.39, 0.29) is 24.5 Å². The number of rotatable bonds is 7. The molecule has 0 aliphatic rings. The summed E-state index contributed by atoms with van der Waals surface area (Å²) in [5.74, 6) is -0.974. The van der Waals surface area contributed by atoms with Crippen molar-refractivity contribution < 1.29 is 24.5 Å². The number of hydrogen-bond acceptors (Lipinski definition) is 6. The van der Waals surface area contributed by atoms with Gasteiger partial charge < -0.3 is 25.4 Å². The van der Waals surface area contributed by atoms with E-state index in [0.717, 1.165) is 0 Å². The van der Waals surface area contributed by atoms with Crippen LogP contribution in [-0.2, 0) is 20.7 Å². The summed E-state index contributed by atoms with van der Waals surface area (Å²) in [7, 11) is 0. The maximum Gasteiger partial charge on any atom is 0.323 e. The summed E-state index contributed by atoms with van der Waals surface area (Å²) >= 11 is 0. The molecule has 1 atom stereocenters. The average Bonchev–Trinajstić information content (AvgIpc) is 2.38. The summed E-state index contributed by atoms with van der Waals surface area (Å²) in [6, 6.07) is 3.48. The molecule has 0 amide bonds. The fraction of sp³-hybridized carbons (Fsp3) is 0.462. The zero-order valence-electron chi connectivity index (χ0n) is 10.8. The lowest BCUT2D eigenvalue weighted by atomic mass is 10.1. The first-order valence-electron chi connectivity index (χ1n) is 6.05. The zero-order valence-corrected chi connectivity index (χ0v) is 10.8. The van der Waals surface area contributed by atoms with Crippen molar-refractivity contribution in [2.45, 2.75) is 19.4 Å². The van der Waals surface area contributed by atoms with Crippen molar-refractivity contribution >= 4 is 5.97 Å². The summed E-state index contributed by atoms with van der Waals surface area (Å²) in [6.07, 6.45) is 0.224. The molecule has 0 heterocycles. The summed E-state index contributed by atoms with van der Waals surface area (Å²) in [5.41, 5.74) is 6.34. The first-order valence-corrected chi connectivity index (χ1v) is 6.05. The molecule has 0 fully saturated rings. The van der Waals surface area contributed by atoms with Gasteiger partial charge in [0, 0.05) is 6.61 Å². The smallest absolute Gasteiger partial charge is 0.323 e. The van der Waals surface area contributed by atoms with Crippen molar-refractivity contribution in [1.82, 2.24) is 0 Å². The van der Waals surface area contributed by atoms with Crippen LogP contribution in [0.15, 0.2) is 18.2 Å². The normalized spacial score (nSPS) is 12.1. The first-order chi connectivity index (χ1) is 9.04. The highest BCUT2D eigenvalue weighted by Crippen LogP contribution is 2.25. The fourth-order valence-electron chi connectivity index (χ4n) is 1.49. The minimum atomic E-state index is -0.814. The Kier molecular flexibility index (Phi) is 6.11. The number of phenols is 2. The van der Waals surface area contributed by atoms with Gasteiger partial charge in [-0.1, -0.05) is 6.07 Å². The van der Waals surface area contributed by atoms with E-state index >= 15 is 0 Å². The Bertz CT molecular complexity index is 421. The van der Waals surface area contributed by atoms with Crippen LogP contribution in [-0.4, -0.2) is 42.0 Å². The van der Waals surface area contributed by atoms with E-state index in [0.29, 0.717) is 18.8 Å². The van der Waals surface area contributed by atoms with Gasteiger partial charge in [0.25, 0.3) is 0 Å². The third kappa shape index (κ3) is 5.15. The predicted octanol–water partition coefficient (Wildman–Crippen LogP) is 0.547. The van der Waals surface area contributed by atoms with Gasteiger partial charge in [-0.3, -0.25) is 4.79 Å². The average molecular weight is 269 g/mol. The molecule has 0 aliphatic heterocycles. The Labute approximate surface area is 111 Å². The Balaban J connectivity index is 2.42. The Morgan fingerprint density at radius 2 is 2.05 bits per heavy atom. The molecule has 0 saturated heterocycles. The van der Waals surface area contributed by atoms with Gasteiger partial charge in [0.05, 0.1) is 6.61 Å². The monoisotopic (exact) mass is 269 g/mol. The van der Waals surface area contributed by atoms with Crippen LogP contribution in [0.1, 0.15) is 12.5 Å². The van der Waals surface area contributed by atoms with Crippen LogP contribution in [0.4, 0.5) is 0 Å². The number of benzene rings is 1. The highest BCUT2D eigenvalue weighted by Gasteiger charge is 2.16. The molecule has 1 unspecified atom stereocenters. The minimum Gasteiger partial charge on any atom is -0.504 e. The second-order valence-electron chi connectivity index (χ2n) is 4.00. The molecule has 0 spiro atoms. The van der Waals surface area contributed by atoms with E-state index in [1.54, 1.807) is 6.07 Å². The van der Waals surface area contributed by atoms with Crippen LogP contribution in [0.5, 0.6) is 11.5 Å². The number of ether oxygens (including phenoxy) is 2. The number of carbonyl (C=O) groups is 1. The topological polar surface area (TPSA) is 102 Å². The zero-order chi connectivity index (χ0) is 14.3. The Hall–Kier alpha value is -1.79. The second kappa shape index (κ2) is 7.60. The molecule has 0 bridgehead atoms. The van der Waals surface area contributed by atoms with Crippen molar-refractivity contribution in [3.05, 3.63) is 23.8 Å². The molecular weight excluding hydrogens is 250 g/mol. The molecule has 0 radical (unpaired) electrons. The molecule has 1 rings (SSSR count). The molecular formula is C13H19NO5. The van der Waals surface area contributed by atoms with Crippen LogP contribution in [0, 0.1) is 0 Å². The summed E-state index contributed by atoms with van der Waals surface area (Å²) < 4.78 is 9.96. The SMILES string of the molecule is CCOCCOC(=O)C(N)Cc1ccc(O)c(O)c1. The van der Waals surface area contributed by atoms with E-state index in [1.165, 1.54) is 12.1 Å². The third-order valence-electron chi connectivity index (χ3n) is 2.47. The number of aromatic hydroxyl groups is 2. The van der Waals surface area contributed by atoms with E-state index in [9.17, 15) is 9.90 Å². The molecule has 0 aliphatic carbocycles. The second-order valence-corrected chi connectivity index (χ2v) is 4.00. The highest BCUT2D eigenvalue weighted by molar-refractivity contribution is 5.75. The van der Waals surface area contributed by atoms with Crippen LogP contribution < -0.4 is 5.73 Å². The van der Waals surface area contributed by atoms with Crippen LogP contribution in [0.3, 0.4) is 0 Å². The quantitative estimate of drug-likeness (QED) is 0.379. The Morgan fingerprint density at radius 1 is 1.32 bits per heavy atom. The van der Waals surface area contributed by atoms with Gasteiger partial charge in [-0.2, -0.15) is 0 Å². The minimum absolute atomic E-state index is 0.168. The number of esters is 1. The summed E-state index contributed by atoms with van der Waals surface area (Å²) in [4.78, 5) is 11.5. The Morgan fingerprint density at radius 3 is 2.68 bits per heavy atom. The van der Waals surface area contributed by atoms with E-state index in [4.69, 9.17) is 20.3 Å². The van der Waals surface area contributed by atoms with Crippen molar-refractivity contribution in [1.29, 1.82) is 0 Å². The third-order valence-corrected chi connectivity index (χ3v) is 2.47. The molecule has 0 saturated carbocycles. The molecule has 19 heavy (non-hydrogen) atoms. The maximum absolute atomic E-state index is 11.5.